The summed E-state index contributed by atoms with van der Waals surface area (Å²) in [7, 11) is 1.03. The van der Waals surface area contributed by atoms with Gasteiger partial charge in [0.1, 0.15) is 5.69 Å². The first kappa shape index (κ1) is 18.6. The molecule has 0 radical (unpaired) electrons. The van der Waals surface area contributed by atoms with E-state index in [1.807, 2.05) is 11.9 Å². The van der Waals surface area contributed by atoms with E-state index in [2.05, 4.69) is 5.32 Å². The Morgan fingerprint density at radius 2 is 1.96 bits per heavy atom. The Bertz CT molecular complexity index is 697. The van der Waals surface area contributed by atoms with Crippen LogP contribution in [0.5, 0.6) is 0 Å². The number of nitrogens with one attached hydrogen (secondary N) is 1. The van der Waals surface area contributed by atoms with E-state index in [9.17, 15) is 18.5 Å². The molecule has 1 aliphatic heterocycles. The van der Waals surface area contributed by atoms with Crippen LogP contribution in [0.25, 0.3) is 0 Å². The van der Waals surface area contributed by atoms with E-state index in [1.54, 1.807) is 6.07 Å². The van der Waals surface area contributed by atoms with Gasteiger partial charge >= 0.3 is 0 Å². The predicted molar refractivity (Wildman–Crippen MR) is 92.8 cm³/mol. The van der Waals surface area contributed by atoms with Gasteiger partial charge in [-0.15, -0.1) is 0 Å². The van der Waals surface area contributed by atoms with Gasteiger partial charge in [0.05, 0.1) is 9.82 Å². The Balaban J connectivity index is 2.30. The minimum Gasteiger partial charge on any atom is -0.366 e. The second-order valence-electron chi connectivity index (χ2n) is 6.18. The zero-order valence-corrected chi connectivity index (χ0v) is 15.0. The first-order chi connectivity index (χ1) is 11.3. The van der Waals surface area contributed by atoms with Crippen LogP contribution in [-0.2, 0) is 10.0 Å². The van der Waals surface area contributed by atoms with Crippen molar-refractivity contribution in [2.24, 2.45) is 5.92 Å². The number of hydrogen-bond acceptors (Lipinski definition) is 6. The van der Waals surface area contributed by atoms with Gasteiger partial charge in [-0.05, 0) is 44.5 Å². The number of rotatable bonds is 6. The van der Waals surface area contributed by atoms with E-state index in [0.717, 1.165) is 42.8 Å². The summed E-state index contributed by atoms with van der Waals surface area (Å²) in [5.41, 5.74) is 0.325. The molecule has 1 heterocycles. The quantitative estimate of drug-likeness (QED) is 0.609. The molecule has 8 nitrogen and oxygen atoms in total. The SMILES string of the molecule is CNCC1CCN(c2ccc(S(=O)(=O)N(C)C)cc2[N+](=O)[O-])CC1. The highest BCUT2D eigenvalue weighted by Gasteiger charge is 2.27. The molecule has 0 spiro atoms. The lowest BCUT2D eigenvalue weighted by Crippen LogP contribution is -2.37. The van der Waals surface area contributed by atoms with Gasteiger partial charge in [-0.1, -0.05) is 0 Å². The monoisotopic (exact) mass is 356 g/mol. The van der Waals surface area contributed by atoms with Crippen LogP contribution < -0.4 is 10.2 Å². The normalized spacial score (nSPS) is 16.6. The third kappa shape index (κ3) is 3.85. The van der Waals surface area contributed by atoms with Crippen LogP contribution in [0.15, 0.2) is 23.1 Å². The molecule has 0 unspecified atom stereocenters. The van der Waals surface area contributed by atoms with Gasteiger partial charge < -0.3 is 10.2 Å². The largest absolute Gasteiger partial charge is 0.366 e. The third-order valence-corrected chi connectivity index (χ3v) is 6.18. The Morgan fingerprint density at radius 1 is 1.33 bits per heavy atom. The summed E-state index contributed by atoms with van der Waals surface area (Å²) in [5.74, 6) is 0.568. The molecule has 1 aromatic rings. The Morgan fingerprint density at radius 3 is 2.46 bits per heavy atom. The number of sulfonamides is 1. The molecule has 1 fully saturated rings. The summed E-state index contributed by atoms with van der Waals surface area (Å²) in [4.78, 5) is 12.8. The van der Waals surface area contributed by atoms with Crippen LogP contribution in [0.1, 0.15) is 12.8 Å². The first-order valence-corrected chi connectivity index (χ1v) is 9.32. The second kappa shape index (κ2) is 7.45. The van der Waals surface area contributed by atoms with E-state index in [-0.39, 0.29) is 10.6 Å². The first-order valence-electron chi connectivity index (χ1n) is 7.88. The summed E-state index contributed by atoms with van der Waals surface area (Å²) in [5, 5.41) is 14.6. The molecule has 0 bridgehead atoms. The molecule has 0 atom stereocenters. The predicted octanol–water partition coefficient (Wildman–Crippen LogP) is 1.28. The number of nitro benzene ring substituents is 1. The molecule has 1 saturated heterocycles. The van der Waals surface area contributed by atoms with Crippen LogP contribution >= 0.6 is 0 Å². The van der Waals surface area contributed by atoms with E-state index < -0.39 is 14.9 Å². The molecule has 1 N–H and O–H groups in total. The van der Waals surface area contributed by atoms with Gasteiger partial charge in [0.2, 0.25) is 10.0 Å². The molecule has 1 aromatic carbocycles. The summed E-state index contributed by atoms with van der Waals surface area (Å²) in [6, 6.07) is 4.15. The Kier molecular flexibility index (Phi) is 5.79. The Labute approximate surface area is 142 Å². The highest BCUT2D eigenvalue weighted by atomic mass is 32.2. The molecule has 1 aliphatic rings. The molecule has 0 saturated carbocycles. The van der Waals surface area contributed by atoms with Crippen molar-refractivity contribution in [3.05, 3.63) is 28.3 Å². The zero-order chi connectivity index (χ0) is 17.9. The topological polar surface area (TPSA) is 95.8 Å². The van der Waals surface area contributed by atoms with E-state index in [0.29, 0.717) is 11.6 Å². The number of hydrogen-bond donors (Lipinski definition) is 1. The number of benzene rings is 1. The summed E-state index contributed by atoms with van der Waals surface area (Å²) in [6.45, 7) is 2.40. The van der Waals surface area contributed by atoms with Gasteiger partial charge in [0.25, 0.3) is 5.69 Å². The minimum absolute atomic E-state index is 0.0620. The number of anilines is 1. The number of nitrogens with zero attached hydrogens (tertiary/aromatic N) is 3. The average Bonchev–Trinajstić information content (AvgIpc) is 2.55. The van der Waals surface area contributed by atoms with Crippen LogP contribution in [0.3, 0.4) is 0 Å². The fourth-order valence-corrected chi connectivity index (χ4v) is 3.88. The van der Waals surface area contributed by atoms with Crippen LogP contribution in [0, 0.1) is 16.0 Å². The summed E-state index contributed by atoms with van der Waals surface area (Å²) < 4.78 is 25.4. The minimum atomic E-state index is -3.69. The molecule has 2 rings (SSSR count). The number of piperidine rings is 1. The van der Waals surface area contributed by atoms with Crippen molar-refractivity contribution >= 4 is 21.4 Å². The molecule has 134 valence electrons. The van der Waals surface area contributed by atoms with Gasteiger partial charge in [0.15, 0.2) is 0 Å². The molecular weight excluding hydrogens is 332 g/mol. The highest BCUT2D eigenvalue weighted by Crippen LogP contribution is 2.33. The lowest BCUT2D eigenvalue weighted by atomic mass is 9.96. The van der Waals surface area contributed by atoms with Crippen LogP contribution in [-0.4, -0.2) is 58.4 Å². The van der Waals surface area contributed by atoms with E-state index in [4.69, 9.17) is 0 Å². The van der Waals surface area contributed by atoms with E-state index >= 15 is 0 Å². The van der Waals surface area contributed by atoms with Crippen molar-refractivity contribution in [1.29, 1.82) is 0 Å². The molecule has 9 heteroatoms. The smallest absolute Gasteiger partial charge is 0.293 e. The van der Waals surface area contributed by atoms with Gasteiger partial charge in [-0.3, -0.25) is 10.1 Å². The average molecular weight is 356 g/mol. The fraction of sp³-hybridized carbons (Fsp3) is 0.600. The Hall–Kier alpha value is -1.71. The van der Waals surface area contributed by atoms with Crippen molar-refractivity contribution in [2.45, 2.75) is 17.7 Å². The van der Waals surface area contributed by atoms with Crippen LogP contribution in [0.4, 0.5) is 11.4 Å². The maximum absolute atomic E-state index is 12.2. The van der Waals surface area contributed by atoms with Gasteiger partial charge in [-0.2, -0.15) is 0 Å². The fourth-order valence-electron chi connectivity index (χ4n) is 2.95. The van der Waals surface area contributed by atoms with Crippen LogP contribution in [0.2, 0.25) is 0 Å². The summed E-state index contributed by atoms with van der Waals surface area (Å²) in [6.07, 6.45) is 1.91. The maximum atomic E-state index is 12.2. The molecular formula is C15H24N4O4S. The highest BCUT2D eigenvalue weighted by molar-refractivity contribution is 7.89. The number of nitro groups is 1. The summed E-state index contributed by atoms with van der Waals surface area (Å²) >= 11 is 0. The zero-order valence-electron chi connectivity index (χ0n) is 14.2. The standard InChI is InChI=1S/C15H24N4O4S/c1-16-11-12-6-8-18(9-7-12)14-5-4-13(10-15(14)19(20)21)24(22,23)17(2)3/h4-5,10,12,16H,6-9,11H2,1-3H3. The maximum Gasteiger partial charge on any atom is 0.293 e. The lowest BCUT2D eigenvalue weighted by molar-refractivity contribution is -0.384. The molecule has 0 aliphatic carbocycles. The second-order valence-corrected chi connectivity index (χ2v) is 8.33. The van der Waals surface area contributed by atoms with Crippen molar-refractivity contribution in [3.8, 4) is 0 Å². The molecule has 0 amide bonds. The van der Waals surface area contributed by atoms with Gasteiger partial charge in [-0.25, -0.2) is 12.7 Å². The van der Waals surface area contributed by atoms with Crippen molar-refractivity contribution < 1.29 is 13.3 Å². The van der Waals surface area contributed by atoms with E-state index in [1.165, 1.54) is 20.2 Å². The van der Waals surface area contributed by atoms with Gasteiger partial charge in [0, 0.05) is 33.3 Å². The third-order valence-electron chi connectivity index (χ3n) is 4.37. The molecule has 24 heavy (non-hydrogen) atoms. The van der Waals surface area contributed by atoms with Crippen molar-refractivity contribution in [2.75, 3.05) is 45.7 Å². The van der Waals surface area contributed by atoms with Crippen molar-refractivity contribution in [1.82, 2.24) is 9.62 Å². The van der Waals surface area contributed by atoms with Crippen molar-refractivity contribution in [3.63, 3.8) is 0 Å². The molecule has 0 aromatic heterocycles. The lowest BCUT2D eigenvalue weighted by Gasteiger charge is -2.33.